The van der Waals surface area contributed by atoms with Crippen molar-refractivity contribution in [3.63, 3.8) is 0 Å². The van der Waals surface area contributed by atoms with Crippen molar-refractivity contribution in [3.8, 4) is 0 Å². The molecule has 4 nitrogen and oxygen atoms in total. The Morgan fingerprint density at radius 2 is 1.97 bits per heavy atom. The second-order valence-electron chi connectivity index (χ2n) is 12.5. The Kier molecular flexibility index (Phi) is 6.51. The summed E-state index contributed by atoms with van der Waals surface area (Å²) >= 11 is 0. The first kappa shape index (κ1) is 24.8. The van der Waals surface area contributed by atoms with Gasteiger partial charge in [-0.15, -0.1) is 6.58 Å². The van der Waals surface area contributed by atoms with E-state index in [1.54, 1.807) is 0 Å². The number of benzene rings is 1. The summed E-state index contributed by atoms with van der Waals surface area (Å²) in [5.74, 6) is 1.65. The highest BCUT2D eigenvalue weighted by molar-refractivity contribution is 5.94. The number of allylic oxidation sites excluding steroid dienone is 1. The number of hydrogen-bond donors (Lipinski definition) is 3. The van der Waals surface area contributed by atoms with Crippen LogP contribution in [0.2, 0.25) is 0 Å². The number of rotatable bonds is 6. The van der Waals surface area contributed by atoms with Crippen molar-refractivity contribution >= 4 is 5.91 Å². The molecular weight excluding hydrogens is 434 g/mol. The molecule has 35 heavy (non-hydrogen) atoms. The van der Waals surface area contributed by atoms with Gasteiger partial charge in [0.25, 0.3) is 5.91 Å². The van der Waals surface area contributed by atoms with Crippen LogP contribution in [0.15, 0.2) is 48.6 Å². The molecule has 1 aromatic carbocycles. The third-order valence-corrected chi connectivity index (χ3v) is 10.4. The van der Waals surface area contributed by atoms with Crippen LogP contribution in [0.4, 0.5) is 0 Å². The van der Waals surface area contributed by atoms with E-state index < -0.39 is 5.60 Å². The zero-order valence-electron chi connectivity index (χ0n) is 21.6. The van der Waals surface area contributed by atoms with Gasteiger partial charge in [0.1, 0.15) is 0 Å². The van der Waals surface area contributed by atoms with Gasteiger partial charge in [0.15, 0.2) is 0 Å². The minimum absolute atomic E-state index is 0.00972. The molecule has 7 atom stereocenters. The van der Waals surface area contributed by atoms with E-state index >= 15 is 0 Å². The standard InChI is InChI=1S/C31H43NO3/c1-4-13-31(35)19-27-25-10-9-23-18-24(33)11-14-29(23,3)26(25)12-15-30(27,20-31)16-17-32-28(34)22-7-5-21(2)6-8-22/h4-9,24-27,33,35H,1,10-20H2,2-3H3,(H,32,34)/t24-,25+,26-,27-,29-,30-,31-/m0/s1. The average Bonchev–Trinajstić information content (AvgIpc) is 3.12. The summed E-state index contributed by atoms with van der Waals surface area (Å²) in [7, 11) is 0. The van der Waals surface area contributed by atoms with Gasteiger partial charge in [-0.1, -0.05) is 42.3 Å². The summed E-state index contributed by atoms with van der Waals surface area (Å²) < 4.78 is 0. The lowest BCUT2D eigenvalue weighted by atomic mass is 9.47. The van der Waals surface area contributed by atoms with Crippen LogP contribution in [-0.4, -0.2) is 34.4 Å². The third kappa shape index (κ3) is 4.42. The average molecular weight is 478 g/mol. The van der Waals surface area contributed by atoms with Gasteiger partial charge in [0.2, 0.25) is 0 Å². The number of fused-ring (bicyclic) bond motifs is 5. The van der Waals surface area contributed by atoms with Crippen molar-refractivity contribution in [2.45, 2.75) is 89.8 Å². The molecule has 4 aliphatic rings. The molecule has 4 aliphatic carbocycles. The van der Waals surface area contributed by atoms with Gasteiger partial charge in [0, 0.05) is 12.1 Å². The van der Waals surface area contributed by atoms with Crippen LogP contribution in [0.3, 0.4) is 0 Å². The van der Waals surface area contributed by atoms with Crippen molar-refractivity contribution in [1.82, 2.24) is 5.32 Å². The molecular formula is C31H43NO3. The summed E-state index contributed by atoms with van der Waals surface area (Å²) in [5, 5.41) is 25.1. The van der Waals surface area contributed by atoms with Crippen LogP contribution in [0.25, 0.3) is 0 Å². The van der Waals surface area contributed by atoms with Crippen molar-refractivity contribution in [2.24, 2.45) is 28.6 Å². The summed E-state index contributed by atoms with van der Waals surface area (Å²) in [5.41, 5.74) is 2.91. The van der Waals surface area contributed by atoms with E-state index in [0.29, 0.717) is 36.3 Å². The molecule has 0 aromatic heterocycles. The largest absolute Gasteiger partial charge is 0.393 e. The van der Waals surface area contributed by atoms with Gasteiger partial charge in [-0.25, -0.2) is 0 Å². The molecule has 5 rings (SSSR count). The minimum Gasteiger partial charge on any atom is -0.393 e. The maximum absolute atomic E-state index is 12.8. The fraction of sp³-hybridized carbons (Fsp3) is 0.645. The SMILES string of the molecule is C=CC[C@]1(O)C[C@H]2[C@@H]3CC=C4C[C@@H](O)CC[C@]4(C)[C@H]3CC[C@]2(CCNC(=O)c2ccc(C)cc2)C1. The molecule has 4 heteroatoms. The fourth-order valence-corrected chi connectivity index (χ4v) is 8.71. The van der Waals surface area contributed by atoms with E-state index in [2.05, 4.69) is 24.9 Å². The van der Waals surface area contributed by atoms with E-state index in [1.165, 1.54) is 12.0 Å². The zero-order valence-corrected chi connectivity index (χ0v) is 21.6. The Balaban J connectivity index is 1.36. The van der Waals surface area contributed by atoms with Crippen LogP contribution >= 0.6 is 0 Å². The van der Waals surface area contributed by atoms with Gasteiger partial charge < -0.3 is 15.5 Å². The normalized spacial score (nSPS) is 40.2. The Labute approximate surface area is 210 Å². The Hall–Kier alpha value is -1.91. The molecule has 3 fully saturated rings. The van der Waals surface area contributed by atoms with E-state index in [4.69, 9.17) is 0 Å². The minimum atomic E-state index is -0.685. The number of aliphatic hydroxyl groups is 2. The first-order valence-electron chi connectivity index (χ1n) is 13.7. The van der Waals surface area contributed by atoms with Gasteiger partial charge in [-0.05, 0) is 112 Å². The predicted octanol–water partition coefficient (Wildman–Crippen LogP) is 5.73. The third-order valence-electron chi connectivity index (χ3n) is 10.4. The lowest BCUT2D eigenvalue weighted by Crippen LogP contribution is -2.50. The highest BCUT2D eigenvalue weighted by atomic mass is 16.3. The Morgan fingerprint density at radius 3 is 2.71 bits per heavy atom. The number of aliphatic hydroxyl groups excluding tert-OH is 1. The maximum Gasteiger partial charge on any atom is 0.251 e. The van der Waals surface area contributed by atoms with Gasteiger partial charge in [-0.3, -0.25) is 4.79 Å². The monoisotopic (exact) mass is 477 g/mol. The molecule has 3 saturated carbocycles. The topological polar surface area (TPSA) is 69.6 Å². The number of amides is 1. The summed E-state index contributed by atoms with van der Waals surface area (Å²) in [6.45, 7) is 9.06. The molecule has 0 aliphatic heterocycles. The number of aryl methyl sites for hydroxylation is 1. The molecule has 0 radical (unpaired) electrons. The van der Waals surface area contributed by atoms with Gasteiger partial charge in [-0.2, -0.15) is 0 Å². The van der Waals surface area contributed by atoms with Crippen LogP contribution in [0.5, 0.6) is 0 Å². The molecule has 0 saturated heterocycles. The van der Waals surface area contributed by atoms with Crippen LogP contribution in [-0.2, 0) is 0 Å². The van der Waals surface area contributed by atoms with E-state index in [9.17, 15) is 15.0 Å². The second-order valence-corrected chi connectivity index (χ2v) is 12.5. The van der Waals surface area contributed by atoms with Crippen molar-refractivity contribution < 1.29 is 15.0 Å². The number of carbonyl (C=O) groups is 1. The van der Waals surface area contributed by atoms with Crippen LogP contribution < -0.4 is 5.32 Å². The molecule has 0 bridgehead atoms. The smallest absolute Gasteiger partial charge is 0.251 e. The molecule has 1 amide bonds. The van der Waals surface area contributed by atoms with Crippen molar-refractivity contribution in [1.29, 1.82) is 0 Å². The lowest BCUT2D eigenvalue weighted by Gasteiger charge is -2.57. The Bertz CT molecular complexity index is 999. The number of hydrogen-bond acceptors (Lipinski definition) is 3. The van der Waals surface area contributed by atoms with E-state index in [-0.39, 0.29) is 22.8 Å². The summed E-state index contributed by atoms with van der Waals surface area (Å²) in [6.07, 6.45) is 13.5. The maximum atomic E-state index is 12.8. The quantitative estimate of drug-likeness (QED) is 0.459. The number of nitrogens with one attached hydrogen (secondary N) is 1. The van der Waals surface area contributed by atoms with Crippen LogP contribution in [0, 0.1) is 35.5 Å². The van der Waals surface area contributed by atoms with Crippen molar-refractivity contribution in [3.05, 3.63) is 59.7 Å². The molecule has 0 spiro atoms. The van der Waals surface area contributed by atoms with E-state index in [1.807, 2.05) is 37.3 Å². The molecule has 3 N–H and O–H groups in total. The second kappa shape index (κ2) is 9.19. The van der Waals surface area contributed by atoms with Crippen molar-refractivity contribution in [2.75, 3.05) is 6.54 Å². The molecule has 1 aromatic rings. The van der Waals surface area contributed by atoms with E-state index in [0.717, 1.165) is 56.9 Å². The number of carbonyl (C=O) groups excluding carboxylic acids is 1. The first-order chi connectivity index (χ1) is 16.7. The fourth-order valence-electron chi connectivity index (χ4n) is 8.71. The lowest BCUT2D eigenvalue weighted by molar-refractivity contribution is -0.0459. The summed E-state index contributed by atoms with van der Waals surface area (Å²) in [4.78, 5) is 12.8. The highest BCUT2D eigenvalue weighted by Gasteiger charge is 2.61. The van der Waals surface area contributed by atoms with Crippen LogP contribution in [0.1, 0.15) is 87.1 Å². The van der Waals surface area contributed by atoms with Gasteiger partial charge in [0.05, 0.1) is 11.7 Å². The molecule has 0 heterocycles. The Morgan fingerprint density at radius 1 is 1.20 bits per heavy atom. The predicted molar refractivity (Wildman–Crippen MR) is 140 cm³/mol. The highest BCUT2D eigenvalue weighted by Crippen LogP contribution is 2.67. The first-order valence-corrected chi connectivity index (χ1v) is 13.7. The zero-order chi connectivity index (χ0) is 24.8. The summed E-state index contributed by atoms with van der Waals surface area (Å²) in [6, 6.07) is 7.74. The molecule has 0 unspecified atom stereocenters. The molecule has 190 valence electrons. The van der Waals surface area contributed by atoms with Gasteiger partial charge >= 0.3 is 0 Å².